The van der Waals surface area contributed by atoms with Crippen molar-refractivity contribution in [2.45, 2.75) is 58.0 Å². The molecule has 0 radical (unpaired) electrons. The van der Waals surface area contributed by atoms with Crippen molar-refractivity contribution in [3.05, 3.63) is 119 Å². The maximum Gasteiger partial charge on any atom is 0.401 e. The Balaban J connectivity index is 1.24. The van der Waals surface area contributed by atoms with Gasteiger partial charge in [0.15, 0.2) is 17.9 Å². The average Bonchev–Trinajstić information content (AvgIpc) is 3.20. The number of ether oxygens (including phenoxy) is 5. The number of aliphatic hydroxyl groups is 1. The Morgan fingerprint density at radius 3 is 1.74 bits per heavy atom. The minimum atomic E-state index is -4.66. The molecule has 15 heteroatoms. The number of hydrogen-bond acceptors (Lipinski definition) is 11. The summed E-state index contributed by atoms with van der Waals surface area (Å²) in [5, 5.41) is 8.88. The monoisotopic (exact) mass is 796 g/mol. The maximum atomic E-state index is 15.2. The van der Waals surface area contributed by atoms with E-state index in [0.29, 0.717) is 12.2 Å². The predicted octanol–water partition coefficient (Wildman–Crippen LogP) is 8.29. The van der Waals surface area contributed by atoms with E-state index in [4.69, 9.17) is 24.1 Å². The van der Waals surface area contributed by atoms with Gasteiger partial charge in [0.1, 0.15) is 23.2 Å². The molecule has 1 unspecified atom stereocenters. The highest BCUT2D eigenvalue weighted by Crippen LogP contribution is 2.30. The van der Waals surface area contributed by atoms with E-state index in [1.165, 1.54) is 48.5 Å². The molecule has 4 rings (SSSR count). The molecule has 0 amide bonds. The van der Waals surface area contributed by atoms with Crippen molar-refractivity contribution in [3.63, 3.8) is 0 Å². The topological polar surface area (TPSA) is 152 Å². The SMILES string of the molecule is CC(C(=O)OCCCCOc1ccc(C(=O)Oc2ccc(C(=O)Oc3ccc(OC(=O)c4ccc(CCCCCCO)cc4)c(F)c3C=O)cc2)cc1)C(F)(F)F. The van der Waals surface area contributed by atoms with E-state index in [1.54, 1.807) is 24.3 Å². The summed E-state index contributed by atoms with van der Waals surface area (Å²) in [4.78, 5) is 61.4. The van der Waals surface area contributed by atoms with Gasteiger partial charge in [-0.1, -0.05) is 25.0 Å². The molecule has 0 heterocycles. The lowest BCUT2D eigenvalue weighted by atomic mass is 10.0. The second-order valence-electron chi connectivity index (χ2n) is 12.7. The van der Waals surface area contributed by atoms with Crippen molar-refractivity contribution in [1.29, 1.82) is 0 Å². The van der Waals surface area contributed by atoms with E-state index in [-0.39, 0.29) is 55.0 Å². The summed E-state index contributed by atoms with van der Waals surface area (Å²) >= 11 is 0. The van der Waals surface area contributed by atoms with Gasteiger partial charge in [0.2, 0.25) is 0 Å². The number of carbonyl (C=O) groups is 5. The van der Waals surface area contributed by atoms with Gasteiger partial charge >= 0.3 is 30.1 Å². The molecule has 0 spiro atoms. The molecule has 0 aliphatic rings. The lowest BCUT2D eigenvalue weighted by molar-refractivity contribution is -0.194. The number of aryl methyl sites for hydroxylation is 1. The highest BCUT2D eigenvalue weighted by Gasteiger charge is 2.42. The van der Waals surface area contributed by atoms with E-state index in [1.807, 2.05) is 0 Å². The minimum Gasteiger partial charge on any atom is -0.494 e. The van der Waals surface area contributed by atoms with E-state index in [0.717, 1.165) is 56.7 Å². The number of halogens is 4. The molecule has 1 N–H and O–H groups in total. The molecular formula is C42H40F4O11. The van der Waals surface area contributed by atoms with Crippen LogP contribution in [-0.2, 0) is 16.0 Å². The molecule has 4 aromatic carbocycles. The van der Waals surface area contributed by atoms with Gasteiger partial charge in [0, 0.05) is 6.61 Å². The number of unbranched alkanes of at least 4 members (excludes halogenated alkanes) is 4. The Hall–Kier alpha value is -6.09. The number of benzene rings is 4. The number of aliphatic hydroxyl groups excluding tert-OH is 1. The van der Waals surface area contributed by atoms with Crippen LogP contribution < -0.4 is 18.9 Å². The molecule has 0 bridgehead atoms. The van der Waals surface area contributed by atoms with Crippen LogP contribution in [-0.4, -0.2) is 61.3 Å². The maximum absolute atomic E-state index is 15.2. The lowest BCUT2D eigenvalue weighted by Crippen LogP contribution is -2.29. The molecule has 302 valence electrons. The molecule has 0 saturated carbocycles. The highest BCUT2D eigenvalue weighted by atomic mass is 19.4. The smallest absolute Gasteiger partial charge is 0.401 e. The van der Waals surface area contributed by atoms with Gasteiger partial charge in [0.25, 0.3) is 0 Å². The van der Waals surface area contributed by atoms with Crippen molar-refractivity contribution in [2.24, 2.45) is 5.92 Å². The predicted molar refractivity (Wildman–Crippen MR) is 196 cm³/mol. The quantitative estimate of drug-likeness (QED) is 0.0302. The Kier molecular flexibility index (Phi) is 16.3. The third-order valence-electron chi connectivity index (χ3n) is 8.48. The normalized spacial score (nSPS) is 11.6. The van der Waals surface area contributed by atoms with Crippen LogP contribution in [0.3, 0.4) is 0 Å². The fourth-order valence-corrected chi connectivity index (χ4v) is 5.09. The van der Waals surface area contributed by atoms with Crippen molar-refractivity contribution < 1.29 is 70.3 Å². The highest BCUT2D eigenvalue weighted by molar-refractivity contribution is 5.94. The first-order valence-corrected chi connectivity index (χ1v) is 18.0. The number of esters is 4. The largest absolute Gasteiger partial charge is 0.494 e. The van der Waals surface area contributed by atoms with Crippen LogP contribution >= 0.6 is 0 Å². The van der Waals surface area contributed by atoms with E-state index in [2.05, 4.69) is 4.74 Å². The van der Waals surface area contributed by atoms with E-state index >= 15 is 4.39 Å². The molecule has 57 heavy (non-hydrogen) atoms. The first-order valence-electron chi connectivity index (χ1n) is 18.0. The minimum absolute atomic E-state index is 0.0216. The van der Waals surface area contributed by atoms with Gasteiger partial charge in [0.05, 0.1) is 35.5 Å². The Morgan fingerprint density at radius 1 is 0.649 bits per heavy atom. The van der Waals surface area contributed by atoms with Gasteiger partial charge in [-0.05, 0) is 117 Å². The van der Waals surface area contributed by atoms with Crippen molar-refractivity contribution in [1.82, 2.24) is 0 Å². The summed E-state index contributed by atoms with van der Waals surface area (Å²) in [6.45, 7) is 0.895. The molecular weight excluding hydrogens is 756 g/mol. The Morgan fingerprint density at radius 2 is 1.16 bits per heavy atom. The van der Waals surface area contributed by atoms with Crippen LogP contribution in [0.15, 0.2) is 84.9 Å². The zero-order valence-electron chi connectivity index (χ0n) is 30.9. The van der Waals surface area contributed by atoms with Crippen molar-refractivity contribution in [3.8, 4) is 23.0 Å². The van der Waals surface area contributed by atoms with Gasteiger partial charge in [-0.25, -0.2) is 18.8 Å². The Labute approximate surface area is 325 Å². The third kappa shape index (κ3) is 13.3. The van der Waals surface area contributed by atoms with Crippen molar-refractivity contribution in [2.75, 3.05) is 19.8 Å². The molecule has 11 nitrogen and oxygen atoms in total. The van der Waals surface area contributed by atoms with Gasteiger partial charge < -0.3 is 28.8 Å². The molecule has 0 saturated heterocycles. The summed E-state index contributed by atoms with van der Waals surface area (Å²) in [7, 11) is 0. The van der Waals surface area contributed by atoms with Gasteiger partial charge in [-0.2, -0.15) is 13.2 Å². The van der Waals surface area contributed by atoms with Crippen LogP contribution in [0.1, 0.15) is 92.4 Å². The van der Waals surface area contributed by atoms with E-state index in [9.17, 15) is 37.1 Å². The average molecular weight is 797 g/mol. The van der Waals surface area contributed by atoms with Gasteiger partial charge in [-0.3, -0.25) is 9.59 Å². The molecule has 0 aromatic heterocycles. The zero-order chi connectivity index (χ0) is 41.4. The zero-order valence-corrected chi connectivity index (χ0v) is 30.9. The number of alkyl halides is 3. The molecule has 4 aromatic rings. The van der Waals surface area contributed by atoms with Crippen LogP contribution in [0.5, 0.6) is 23.0 Å². The molecule has 0 aliphatic carbocycles. The number of hydrogen-bond donors (Lipinski definition) is 1. The fraction of sp³-hybridized carbons (Fsp3) is 0.310. The van der Waals surface area contributed by atoms with Crippen LogP contribution in [0.2, 0.25) is 0 Å². The number of carbonyl (C=O) groups excluding carboxylic acids is 5. The summed E-state index contributed by atoms with van der Waals surface area (Å²) in [5.74, 6) is -7.75. The first-order chi connectivity index (χ1) is 27.3. The second-order valence-corrected chi connectivity index (χ2v) is 12.7. The van der Waals surface area contributed by atoms with Crippen molar-refractivity contribution >= 4 is 30.2 Å². The lowest BCUT2D eigenvalue weighted by Gasteiger charge is -2.14. The fourth-order valence-electron chi connectivity index (χ4n) is 5.09. The molecule has 1 atom stereocenters. The summed E-state index contributed by atoms with van der Waals surface area (Å²) in [6.07, 6.45) is 0.514. The first kappa shape index (κ1) is 43.6. The standard InChI is InChI=1S/C42H40F4O11/c1-27(42(44,45)46)38(49)54-25-7-6-24-53-32-17-13-30(14-18-32)39(50)55-33-19-15-31(16-20-33)40(51)56-35-21-22-36(37(43)34(35)26-48)57-41(52)29-11-9-28(10-12-29)8-4-2-3-5-23-47/h9-22,26-27,47H,2-8,23-25H2,1H3. The molecule has 0 fully saturated rings. The van der Waals surface area contributed by atoms with Crippen LogP contribution in [0, 0.1) is 11.7 Å². The summed E-state index contributed by atoms with van der Waals surface area (Å²) in [5.41, 5.74) is 0.670. The molecule has 0 aliphatic heterocycles. The van der Waals surface area contributed by atoms with Gasteiger partial charge in [-0.15, -0.1) is 0 Å². The second kappa shape index (κ2) is 21.3. The summed E-state index contributed by atoms with van der Waals surface area (Å²) < 4.78 is 78.8. The third-order valence-corrected chi connectivity index (χ3v) is 8.48. The Bertz CT molecular complexity index is 1980. The number of aldehydes is 1. The summed E-state index contributed by atoms with van der Waals surface area (Å²) in [6, 6.07) is 19.9. The van der Waals surface area contributed by atoms with Crippen LogP contribution in [0.25, 0.3) is 0 Å². The van der Waals surface area contributed by atoms with Crippen LogP contribution in [0.4, 0.5) is 17.6 Å². The number of rotatable bonds is 20. The van der Waals surface area contributed by atoms with E-state index < -0.39 is 58.9 Å².